The Bertz CT molecular complexity index is 407. The smallest absolute Gasteiger partial charge is 0.191 e. The van der Waals surface area contributed by atoms with E-state index in [4.69, 9.17) is 4.52 Å². The predicted octanol–water partition coefficient (Wildman–Crippen LogP) is 2.23. The van der Waals surface area contributed by atoms with Gasteiger partial charge < -0.3 is 15.2 Å². The van der Waals surface area contributed by atoms with E-state index in [1.807, 2.05) is 6.07 Å². The van der Waals surface area contributed by atoms with E-state index in [2.05, 4.69) is 34.6 Å². The number of nitrogens with one attached hydrogen (secondary N) is 2. The first-order valence-electron chi connectivity index (χ1n) is 7.31. The highest BCUT2D eigenvalue weighted by Crippen LogP contribution is 2.17. The van der Waals surface area contributed by atoms with Crippen LogP contribution in [0, 0.1) is 0 Å². The van der Waals surface area contributed by atoms with Gasteiger partial charge in [-0.15, -0.1) is 0 Å². The first-order valence-corrected chi connectivity index (χ1v) is 7.31. The highest BCUT2D eigenvalue weighted by Gasteiger charge is 2.15. The molecule has 1 heterocycles. The van der Waals surface area contributed by atoms with Crippen molar-refractivity contribution in [2.75, 3.05) is 6.54 Å². The van der Waals surface area contributed by atoms with Crippen molar-refractivity contribution in [3.63, 3.8) is 0 Å². The molecule has 0 aromatic carbocycles. The van der Waals surface area contributed by atoms with Crippen LogP contribution in [-0.2, 0) is 13.0 Å². The molecule has 0 amide bonds. The summed E-state index contributed by atoms with van der Waals surface area (Å²) in [6.45, 7) is 5.55. The van der Waals surface area contributed by atoms with E-state index in [1.165, 1.54) is 25.7 Å². The molecule has 2 N–H and O–H groups in total. The number of rotatable bonds is 5. The molecule has 0 bridgehead atoms. The van der Waals surface area contributed by atoms with Gasteiger partial charge in [-0.3, -0.25) is 0 Å². The SMILES string of the molecule is CCNC(=NCc1cc(CC)no1)NC1CCCC1. The number of hydrogen-bond donors (Lipinski definition) is 2. The van der Waals surface area contributed by atoms with Gasteiger partial charge in [0.25, 0.3) is 0 Å². The zero-order valence-electron chi connectivity index (χ0n) is 11.9. The van der Waals surface area contributed by atoms with E-state index in [9.17, 15) is 0 Å². The lowest BCUT2D eigenvalue weighted by atomic mass is 10.2. The van der Waals surface area contributed by atoms with Crippen LogP contribution in [-0.4, -0.2) is 23.7 Å². The van der Waals surface area contributed by atoms with Crippen LogP contribution in [0.4, 0.5) is 0 Å². The average Bonchev–Trinajstić information content (AvgIpc) is 3.07. The van der Waals surface area contributed by atoms with Crippen LogP contribution in [0.25, 0.3) is 0 Å². The van der Waals surface area contributed by atoms with Crippen molar-refractivity contribution < 1.29 is 4.52 Å². The van der Waals surface area contributed by atoms with Crippen molar-refractivity contribution in [3.05, 3.63) is 17.5 Å². The minimum absolute atomic E-state index is 0.537. The first kappa shape index (κ1) is 13.9. The summed E-state index contributed by atoms with van der Waals surface area (Å²) in [5.74, 6) is 1.70. The van der Waals surface area contributed by atoms with Gasteiger partial charge in [0.15, 0.2) is 11.7 Å². The molecular weight excluding hydrogens is 240 g/mol. The van der Waals surface area contributed by atoms with Crippen LogP contribution in [0.15, 0.2) is 15.6 Å². The standard InChI is InChI=1S/C14H24N4O/c1-3-11-9-13(19-18-11)10-16-14(15-4-2)17-12-7-5-6-8-12/h9,12H,3-8,10H2,1-2H3,(H2,15,16,17). The summed E-state index contributed by atoms with van der Waals surface area (Å²) < 4.78 is 5.24. The first-order chi connectivity index (χ1) is 9.31. The summed E-state index contributed by atoms with van der Waals surface area (Å²) in [7, 11) is 0. The van der Waals surface area contributed by atoms with Crippen molar-refractivity contribution in [1.82, 2.24) is 15.8 Å². The maximum Gasteiger partial charge on any atom is 0.191 e. The highest BCUT2D eigenvalue weighted by molar-refractivity contribution is 5.80. The van der Waals surface area contributed by atoms with Crippen molar-refractivity contribution in [1.29, 1.82) is 0 Å². The fourth-order valence-corrected chi connectivity index (χ4v) is 2.34. The molecule has 19 heavy (non-hydrogen) atoms. The molecular formula is C14H24N4O. The molecule has 0 saturated heterocycles. The molecule has 0 unspecified atom stereocenters. The molecule has 0 radical (unpaired) electrons. The van der Waals surface area contributed by atoms with E-state index in [-0.39, 0.29) is 0 Å². The number of nitrogens with zero attached hydrogens (tertiary/aromatic N) is 2. The van der Waals surface area contributed by atoms with Crippen LogP contribution >= 0.6 is 0 Å². The van der Waals surface area contributed by atoms with Crippen LogP contribution in [0.3, 0.4) is 0 Å². The van der Waals surface area contributed by atoms with E-state index in [1.54, 1.807) is 0 Å². The largest absolute Gasteiger partial charge is 0.359 e. The second kappa shape index (κ2) is 7.16. The molecule has 1 aromatic heterocycles. The summed E-state index contributed by atoms with van der Waals surface area (Å²) in [6.07, 6.45) is 6.02. The van der Waals surface area contributed by atoms with Gasteiger partial charge in [0.2, 0.25) is 0 Å². The van der Waals surface area contributed by atoms with Gasteiger partial charge in [-0.05, 0) is 26.2 Å². The van der Waals surface area contributed by atoms with Crippen LogP contribution in [0.5, 0.6) is 0 Å². The van der Waals surface area contributed by atoms with Gasteiger partial charge in [0.05, 0.1) is 5.69 Å². The topological polar surface area (TPSA) is 62.5 Å². The fourth-order valence-electron chi connectivity index (χ4n) is 2.34. The molecule has 0 atom stereocenters. The fraction of sp³-hybridized carbons (Fsp3) is 0.714. The zero-order chi connectivity index (χ0) is 13.5. The summed E-state index contributed by atoms with van der Waals surface area (Å²) >= 11 is 0. The third kappa shape index (κ3) is 4.26. The average molecular weight is 264 g/mol. The molecule has 2 rings (SSSR count). The van der Waals surface area contributed by atoms with Crippen molar-refractivity contribution in [3.8, 4) is 0 Å². The molecule has 106 valence electrons. The normalized spacial score (nSPS) is 16.8. The summed E-state index contributed by atoms with van der Waals surface area (Å²) in [5.41, 5.74) is 0.985. The predicted molar refractivity (Wildman–Crippen MR) is 76.1 cm³/mol. The monoisotopic (exact) mass is 264 g/mol. The number of hydrogen-bond acceptors (Lipinski definition) is 3. The molecule has 1 aliphatic rings. The molecule has 0 spiro atoms. The van der Waals surface area contributed by atoms with Crippen LogP contribution in [0.1, 0.15) is 51.0 Å². The number of aromatic nitrogens is 1. The summed E-state index contributed by atoms with van der Waals surface area (Å²) in [4.78, 5) is 4.56. The van der Waals surface area contributed by atoms with E-state index < -0.39 is 0 Å². The van der Waals surface area contributed by atoms with Gasteiger partial charge >= 0.3 is 0 Å². The molecule has 1 saturated carbocycles. The lowest BCUT2D eigenvalue weighted by molar-refractivity contribution is 0.379. The van der Waals surface area contributed by atoms with Gasteiger partial charge in [0.1, 0.15) is 6.54 Å². The Balaban J connectivity index is 1.90. The van der Waals surface area contributed by atoms with Crippen molar-refractivity contribution >= 4 is 5.96 Å². The molecule has 1 aromatic rings. The minimum atomic E-state index is 0.537. The summed E-state index contributed by atoms with van der Waals surface area (Å²) in [5, 5.41) is 10.7. The van der Waals surface area contributed by atoms with Gasteiger partial charge in [-0.2, -0.15) is 0 Å². The van der Waals surface area contributed by atoms with Gasteiger partial charge in [0, 0.05) is 18.7 Å². The lowest BCUT2D eigenvalue weighted by Crippen LogP contribution is -2.42. The molecule has 5 heteroatoms. The van der Waals surface area contributed by atoms with Gasteiger partial charge in [-0.1, -0.05) is 24.9 Å². The number of guanidine groups is 1. The molecule has 0 aliphatic heterocycles. The molecule has 1 aliphatic carbocycles. The van der Waals surface area contributed by atoms with Crippen LogP contribution in [0.2, 0.25) is 0 Å². The molecule has 5 nitrogen and oxygen atoms in total. The Morgan fingerprint density at radius 3 is 2.84 bits per heavy atom. The Morgan fingerprint density at radius 2 is 2.21 bits per heavy atom. The third-order valence-corrected chi connectivity index (χ3v) is 3.40. The second-order valence-corrected chi connectivity index (χ2v) is 4.96. The van der Waals surface area contributed by atoms with E-state index in [0.717, 1.165) is 30.4 Å². The number of aryl methyl sites for hydroxylation is 1. The Morgan fingerprint density at radius 1 is 1.42 bits per heavy atom. The maximum absolute atomic E-state index is 5.24. The Labute approximate surface area is 114 Å². The second-order valence-electron chi connectivity index (χ2n) is 4.96. The quantitative estimate of drug-likeness (QED) is 0.632. The zero-order valence-corrected chi connectivity index (χ0v) is 11.9. The van der Waals surface area contributed by atoms with Crippen molar-refractivity contribution in [2.24, 2.45) is 4.99 Å². The lowest BCUT2D eigenvalue weighted by Gasteiger charge is -2.16. The Kier molecular flexibility index (Phi) is 5.24. The third-order valence-electron chi connectivity index (χ3n) is 3.40. The van der Waals surface area contributed by atoms with Crippen LogP contribution < -0.4 is 10.6 Å². The number of aliphatic imine (C=N–C) groups is 1. The minimum Gasteiger partial charge on any atom is -0.359 e. The highest BCUT2D eigenvalue weighted by atomic mass is 16.5. The van der Waals surface area contributed by atoms with E-state index in [0.29, 0.717) is 12.6 Å². The van der Waals surface area contributed by atoms with Gasteiger partial charge in [-0.25, -0.2) is 4.99 Å². The maximum atomic E-state index is 5.24. The summed E-state index contributed by atoms with van der Waals surface area (Å²) in [6, 6.07) is 2.54. The molecule has 1 fully saturated rings. The van der Waals surface area contributed by atoms with Crippen molar-refractivity contribution in [2.45, 2.75) is 58.5 Å². The van der Waals surface area contributed by atoms with E-state index >= 15 is 0 Å². The Hall–Kier alpha value is -1.52.